The average Bonchev–Trinajstić information content (AvgIpc) is 4.10. The number of nitrogens with zero attached hydrogens (tertiary/aromatic N) is 15. The van der Waals surface area contributed by atoms with Gasteiger partial charge in [-0.3, -0.25) is 19.6 Å². The van der Waals surface area contributed by atoms with E-state index >= 15 is 0 Å². The molecule has 2 fully saturated rings. The number of rotatable bonds is 12. The third-order valence-electron chi connectivity index (χ3n) is 13.2. The standard InChI is InChI=1S/C25H30N8O.C14H16N6O2.C11H16N2.2CH4/c1-17-22(18(2)32(29-17)24-9-8-23-28-27-19(3)33(23)30-24)7-10-25(34)31-14-11-20(12-15-31)16-21-6-4-5-13-26-21;1-8-11(4-7-14(21)22)9(2)19(17-8)13-6-5-12-16-15-10(3)20(12)18-13;1-2-6-13-11(3-1)9-10-4-7-12-8-5-10;;/h4-6,8-9,13,20H,7,10-12,14-16H2,1-3H3;5-6H,4,7H2,1-3H3,(H,21,22);1-3,6,10,12H,4-5,7-9H2;2*1H4. The maximum Gasteiger partial charge on any atom is 0.303 e. The van der Waals surface area contributed by atoms with Crippen molar-refractivity contribution in [3.8, 4) is 11.6 Å². The van der Waals surface area contributed by atoms with Crippen LogP contribution >= 0.6 is 0 Å². The van der Waals surface area contributed by atoms with Crippen LogP contribution in [-0.2, 0) is 35.3 Å². The van der Waals surface area contributed by atoms with Gasteiger partial charge in [0.2, 0.25) is 5.91 Å². The molecule has 2 aliphatic rings. The summed E-state index contributed by atoms with van der Waals surface area (Å²) in [5, 5.41) is 46.7. The molecule has 2 aliphatic heterocycles. The molecule has 0 saturated carbocycles. The minimum absolute atomic E-state index is 0. The largest absolute Gasteiger partial charge is 0.481 e. The Morgan fingerprint density at radius 1 is 0.592 bits per heavy atom. The fourth-order valence-corrected chi connectivity index (χ4v) is 9.24. The van der Waals surface area contributed by atoms with Gasteiger partial charge in [0.15, 0.2) is 34.6 Å². The fourth-order valence-electron chi connectivity index (χ4n) is 9.24. The predicted molar refractivity (Wildman–Crippen MR) is 273 cm³/mol. The Morgan fingerprint density at radius 2 is 1.06 bits per heavy atom. The summed E-state index contributed by atoms with van der Waals surface area (Å²) in [6, 6.07) is 19.7. The van der Waals surface area contributed by atoms with Crippen molar-refractivity contribution in [3.63, 3.8) is 0 Å². The van der Waals surface area contributed by atoms with E-state index in [0.717, 1.165) is 90.1 Å². The van der Waals surface area contributed by atoms with Gasteiger partial charge in [-0.2, -0.15) is 19.2 Å². The van der Waals surface area contributed by atoms with Crippen LogP contribution in [0.25, 0.3) is 22.9 Å². The summed E-state index contributed by atoms with van der Waals surface area (Å²) in [6.45, 7) is 15.5. The molecule has 0 radical (unpaired) electrons. The first-order valence-corrected chi connectivity index (χ1v) is 23.9. The fraction of sp³-hybridized carbons (Fsp3) is 0.462. The highest BCUT2D eigenvalue weighted by Crippen LogP contribution is 2.24. The highest BCUT2D eigenvalue weighted by atomic mass is 16.4. The van der Waals surface area contributed by atoms with Gasteiger partial charge in [0.1, 0.15) is 0 Å². The monoisotopic (exact) mass is 967 g/mol. The number of aromatic nitrogens is 14. The van der Waals surface area contributed by atoms with Gasteiger partial charge in [0.25, 0.3) is 0 Å². The van der Waals surface area contributed by atoms with Crippen LogP contribution in [0.1, 0.15) is 110 Å². The van der Waals surface area contributed by atoms with Crippen LogP contribution in [0, 0.1) is 53.4 Å². The first-order chi connectivity index (χ1) is 33.4. The number of aliphatic carboxylic acids is 1. The number of amides is 1. The van der Waals surface area contributed by atoms with E-state index in [2.05, 4.69) is 69.2 Å². The predicted octanol–water partition coefficient (Wildman–Crippen LogP) is 7.19. The van der Waals surface area contributed by atoms with Crippen LogP contribution in [0.2, 0.25) is 0 Å². The van der Waals surface area contributed by atoms with Crippen molar-refractivity contribution in [2.24, 2.45) is 11.8 Å². The van der Waals surface area contributed by atoms with Crippen LogP contribution in [0.4, 0.5) is 0 Å². The molecule has 1 amide bonds. The zero-order valence-electron chi connectivity index (χ0n) is 40.5. The molecule has 10 heterocycles. The number of piperidine rings is 2. The Labute approximate surface area is 416 Å². The maximum absolute atomic E-state index is 12.9. The summed E-state index contributed by atoms with van der Waals surface area (Å²) in [5.74, 6) is 3.64. The number of likely N-dealkylation sites (tertiary alicyclic amines) is 1. The number of aryl methyl sites for hydroxylation is 4. The highest BCUT2D eigenvalue weighted by molar-refractivity contribution is 5.76. The van der Waals surface area contributed by atoms with Gasteiger partial charge in [-0.25, -0.2) is 9.36 Å². The van der Waals surface area contributed by atoms with E-state index < -0.39 is 5.97 Å². The van der Waals surface area contributed by atoms with Crippen molar-refractivity contribution in [2.45, 2.75) is 121 Å². The Kier molecular flexibility index (Phi) is 18.3. The molecule has 8 aromatic rings. The Balaban J connectivity index is 0.000000191. The van der Waals surface area contributed by atoms with Crippen molar-refractivity contribution in [2.75, 3.05) is 26.2 Å². The summed E-state index contributed by atoms with van der Waals surface area (Å²) in [4.78, 5) is 34.5. The lowest BCUT2D eigenvalue weighted by Crippen LogP contribution is -2.39. The van der Waals surface area contributed by atoms with E-state index in [0.29, 0.717) is 53.9 Å². The SMILES string of the molecule is C.C.Cc1nn(-c2ccc3nnc(C)n3n2)c(C)c1CCC(=O)N1CCC(Cc2ccccn2)CC1.Cc1nn(-c2ccc3nnc(C)n3n2)c(C)c1CCC(=O)O.c1ccc(CC2CCNCC2)nc1. The van der Waals surface area contributed by atoms with Crippen molar-refractivity contribution < 1.29 is 14.7 Å². The van der Waals surface area contributed by atoms with Gasteiger partial charge in [0.05, 0.1) is 11.4 Å². The topological polar surface area (TPSA) is 217 Å². The van der Waals surface area contributed by atoms with Gasteiger partial charge in [-0.1, -0.05) is 27.0 Å². The number of hydrogen-bond donors (Lipinski definition) is 2. The van der Waals surface area contributed by atoms with Crippen LogP contribution in [0.15, 0.2) is 73.1 Å². The molecule has 71 heavy (non-hydrogen) atoms. The highest BCUT2D eigenvalue weighted by Gasteiger charge is 2.24. The number of carboxylic acids is 1. The summed E-state index contributed by atoms with van der Waals surface area (Å²) < 4.78 is 6.94. The molecule has 0 atom stereocenters. The quantitative estimate of drug-likeness (QED) is 0.124. The molecule has 8 aromatic heterocycles. The zero-order valence-corrected chi connectivity index (χ0v) is 40.5. The van der Waals surface area contributed by atoms with Crippen molar-refractivity contribution >= 4 is 23.2 Å². The Bertz CT molecular complexity index is 2980. The zero-order chi connectivity index (χ0) is 48.4. The molecule has 0 aliphatic carbocycles. The van der Waals surface area contributed by atoms with E-state index in [4.69, 9.17) is 10.2 Å². The first-order valence-electron chi connectivity index (χ1n) is 23.9. The van der Waals surface area contributed by atoms with Crippen LogP contribution in [-0.4, -0.2) is 117 Å². The van der Waals surface area contributed by atoms with Gasteiger partial charge in [-0.05, 0) is 177 Å². The van der Waals surface area contributed by atoms with Crippen LogP contribution < -0.4 is 5.32 Å². The number of carbonyl (C=O) groups excluding carboxylic acids is 1. The molecular weight excluding hydrogens is 897 g/mol. The lowest BCUT2D eigenvalue weighted by atomic mass is 9.91. The second-order valence-electron chi connectivity index (χ2n) is 18.0. The molecule has 10 rings (SSSR count). The number of fused-ring (bicyclic) bond motifs is 2. The number of nitrogens with one attached hydrogen (secondary N) is 1. The molecule has 19 heteroatoms. The van der Waals surface area contributed by atoms with Crippen molar-refractivity contribution in [3.05, 3.63) is 130 Å². The smallest absolute Gasteiger partial charge is 0.303 e. The van der Waals surface area contributed by atoms with Gasteiger partial charge >= 0.3 is 5.97 Å². The summed E-state index contributed by atoms with van der Waals surface area (Å²) in [5.41, 5.74) is 9.49. The molecule has 0 spiro atoms. The Morgan fingerprint density at radius 3 is 1.51 bits per heavy atom. The van der Waals surface area contributed by atoms with Gasteiger partial charge < -0.3 is 15.3 Å². The van der Waals surface area contributed by atoms with Gasteiger partial charge in [-0.15, -0.1) is 30.6 Å². The third kappa shape index (κ3) is 13.1. The molecule has 0 bridgehead atoms. The first kappa shape index (κ1) is 53.1. The Hall–Kier alpha value is -7.28. The van der Waals surface area contributed by atoms with E-state index in [1.54, 1.807) is 13.7 Å². The number of hydrogen-bond acceptors (Lipinski definition) is 13. The molecule has 0 aromatic carbocycles. The molecule has 376 valence electrons. The molecular formula is C52H70N16O3. The molecule has 19 nitrogen and oxygen atoms in total. The minimum Gasteiger partial charge on any atom is -0.481 e. The summed E-state index contributed by atoms with van der Waals surface area (Å²) in [7, 11) is 0. The lowest BCUT2D eigenvalue weighted by molar-refractivity contribution is -0.137. The van der Waals surface area contributed by atoms with Gasteiger partial charge in [0, 0.05) is 61.1 Å². The summed E-state index contributed by atoms with van der Waals surface area (Å²) in [6.07, 6.45) is 12.3. The second kappa shape index (κ2) is 24.5. The van der Waals surface area contributed by atoms with Crippen molar-refractivity contribution in [1.82, 2.24) is 79.4 Å². The molecule has 0 unspecified atom stereocenters. The van der Waals surface area contributed by atoms with Crippen LogP contribution in [0.5, 0.6) is 0 Å². The third-order valence-corrected chi connectivity index (χ3v) is 13.2. The minimum atomic E-state index is -0.814. The maximum atomic E-state index is 12.9. The number of pyridine rings is 2. The number of carbonyl (C=O) groups is 2. The van der Waals surface area contributed by atoms with E-state index in [1.165, 1.54) is 31.6 Å². The normalized spacial score (nSPS) is 14.0. The average molecular weight is 967 g/mol. The summed E-state index contributed by atoms with van der Waals surface area (Å²) >= 11 is 0. The van der Waals surface area contributed by atoms with E-state index in [9.17, 15) is 9.59 Å². The second-order valence-corrected chi connectivity index (χ2v) is 18.0. The molecule has 2 N–H and O–H groups in total. The van der Waals surface area contributed by atoms with Crippen LogP contribution in [0.3, 0.4) is 0 Å². The lowest BCUT2D eigenvalue weighted by Gasteiger charge is -2.32. The number of carboxylic acid groups (broad SMARTS) is 1. The molecule has 2 saturated heterocycles. The van der Waals surface area contributed by atoms with Crippen molar-refractivity contribution in [1.29, 1.82) is 0 Å². The van der Waals surface area contributed by atoms with E-state index in [1.807, 2.05) is 106 Å². The van der Waals surface area contributed by atoms with E-state index in [-0.39, 0.29) is 27.2 Å².